The molecule has 0 N–H and O–H groups in total. The Kier molecular flexibility index (Phi) is 3.72. The molecule has 1 aromatic carbocycles. The van der Waals surface area contributed by atoms with Crippen molar-refractivity contribution in [2.24, 2.45) is 0 Å². The third-order valence-electron chi connectivity index (χ3n) is 2.44. The van der Waals surface area contributed by atoms with Gasteiger partial charge in [0.15, 0.2) is 0 Å². The molecule has 84 valence electrons. The van der Waals surface area contributed by atoms with E-state index < -0.39 is 0 Å². The lowest BCUT2D eigenvalue weighted by Gasteiger charge is -2.05. The van der Waals surface area contributed by atoms with E-state index in [0.29, 0.717) is 0 Å². The number of nitrogens with zero attached hydrogens (tertiary/aromatic N) is 3. The molecule has 1 heterocycles. The molecule has 0 amide bonds. The zero-order chi connectivity index (χ0) is 11.4. The lowest BCUT2D eigenvalue weighted by molar-refractivity contribution is 0.705. The molecule has 0 saturated carbocycles. The van der Waals surface area contributed by atoms with E-state index in [9.17, 15) is 0 Å². The number of aromatic nitrogens is 3. The van der Waals surface area contributed by atoms with Gasteiger partial charge in [0.1, 0.15) is 12.2 Å². The Balaban J connectivity index is 2.13. The summed E-state index contributed by atoms with van der Waals surface area (Å²) in [7, 11) is 0. The van der Waals surface area contributed by atoms with E-state index >= 15 is 0 Å². The van der Waals surface area contributed by atoms with Crippen molar-refractivity contribution in [2.75, 3.05) is 0 Å². The molecule has 3 nitrogen and oxygen atoms in total. The van der Waals surface area contributed by atoms with Crippen LogP contribution < -0.4 is 0 Å². The van der Waals surface area contributed by atoms with E-state index in [4.69, 9.17) is 0 Å². The van der Waals surface area contributed by atoms with Crippen LogP contribution in [0.1, 0.15) is 24.7 Å². The number of rotatable bonds is 4. The van der Waals surface area contributed by atoms with E-state index in [1.54, 1.807) is 6.33 Å². The maximum Gasteiger partial charge on any atom is 0.133 e. The molecule has 0 unspecified atom stereocenters. The van der Waals surface area contributed by atoms with Gasteiger partial charge in [-0.1, -0.05) is 35.0 Å². The van der Waals surface area contributed by atoms with Crippen LogP contribution in [0.5, 0.6) is 0 Å². The molecule has 16 heavy (non-hydrogen) atoms. The average molecular weight is 280 g/mol. The zero-order valence-corrected chi connectivity index (χ0v) is 10.8. The molecule has 2 aromatic rings. The molecule has 0 saturated heterocycles. The van der Waals surface area contributed by atoms with Crippen molar-refractivity contribution in [1.29, 1.82) is 0 Å². The van der Waals surface area contributed by atoms with Gasteiger partial charge in [-0.15, -0.1) is 10.2 Å². The van der Waals surface area contributed by atoms with Gasteiger partial charge < -0.3 is 4.57 Å². The van der Waals surface area contributed by atoms with Gasteiger partial charge in [-0.25, -0.2) is 0 Å². The Hall–Kier alpha value is -1.16. The van der Waals surface area contributed by atoms with Crippen molar-refractivity contribution in [3.63, 3.8) is 0 Å². The van der Waals surface area contributed by atoms with Crippen LogP contribution in [0, 0.1) is 0 Å². The first-order chi connectivity index (χ1) is 7.79. The summed E-state index contributed by atoms with van der Waals surface area (Å²) in [6, 6.07) is 8.33. The van der Waals surface area contributed by atoms with Gasteiger partial charge in [0, 0.05) is 10.9 Å². The first-order valence-corrected chi connectivity index (χ1v) is 6.20. The molecule has 0 fully saturated rings. The number of aryl methyl sites for hydroxylation is 1. The van der Waals surface area contributed by atoms with Gasteiger partial charge in [-0.3, -0.25) is 0 Å². The van der Waals surface area contributed by atoms with E-state index in [0.717, 1.165) is 29.7 Å². The van der Waals surface area contributed by atoms with Crippen molar-refractivity contribution in [3.05, 3.63) is 46.5 Å². The number of benzene rings is 1. The molecular formula is C12H14BrN3. The second kappa shape index (κ2) is 5.25. The number of hydrogen-bond donors (Lipinski definition) is 0. The van der Waals surface area contributed by atoms with Gasteiger partial charge in [-0.05, 0) is 24.1 Å². The van der Waals surface area contributed by atoms with Crippen LogP contribution in [-0.2, 0) is 13.0 Å². The molecule has 0 aliphatic rings. The van der Waals surface area contributed by atoms with Crippen molar-refractivity contribution >= 4 is 15.9 Å². The Morgan fingerprint density at radius 3 is 2.69 bits per heavy atom. The standard InChI is InChI=1S/C12H14BrN3/c1-2-3-12-15-14-9-16(12)8-10-4-6-11(13)7-5-10/h4-7,9H,2-3,8H2,1H3. The largest absolute Gasteiger partial charge is 0.313 e. The minimum atomic E-state index is 0.843. The van der Waals surface area contributed by atoms with E-state index in [1.807, 2.05) is 0 Å². The summed E-state index contributed by atoms with van der Waals surface area (Å²) in [4.78, 5) is 0. The van der Waals surface area contributed by atoms with Crippen molar-refractivity contribution in [1.82, 2.24) is 14.8 Å². The average Bonchev–Trinajstić information content (AvgIpc) is 2.70. The second-order valence-electron chi connectivity index (χ2n) is 3.75. The summed E-state index contributed by atoms with van der Waals surface area (Å²) >= 11 is 3.43. The van der Waals surface area contributed by atoms with Crippen molar-refractivity contribution in [2.45, 2.75) is 26.3 Å². The monoisotopic (exact) mass is 279 g/mol. The molecular weight excluding hydrogens is 266 g/mol. The third kappa shape index (κ3) is 2.70. The fourth-order valence-electron chi connectivity index (χ4n) is 1.61. The summed E-state index contributed by atoms with van der Waals surface area (Å²) in [5.74, 6) is 1.06. The molecule has 4 heteroatoms. The SMILES string of the molecule is CCCc1nncn1Cc1ccc(Br)cc1. The lowest BCUT2D eigenvalue weighted by Crippen LogP contribution is -2.03. The highest BCUT2D eigenvalue weighted by Gasteiger charge is 2.03. The molecule has 2 rings (SSSR count). The lowest BCUT2D eigenvalue weighted by atomic mass is 10.2. The topological polar surface area (TPSA) is 30.7 Å². The fraction of sp³-hybridized carbons (Fsp3) is 0.333. The van der Waals surface area contributed by atoms with Gasteiger partial charge in [0.25, 0.3) is 0 Å². The smallest absolute Gasteiger partial charge is 0.133 e. The van der Waals surface area contributed by atoms with Crippen LogP contribution in [0.3, 0.4) is 0 Å². The molecule has 0 bridgehead atoms. The quantitative estimate of drug-likeness (QED) is 0.861. The molecule has 0 atom stereocenters. The van der Waals surface area contributed by atoms with Crippen molar-refractivity contribution in [3.8, 4) is 0 Å². The van der Waals surface area contributed by atoms with Gasteiger partial charge in [0.05, 0.1) is 6.54 Å². The van der Waals surface area contributed by atoms with Crippen LogP contribution in [0.25, 0.3) is 0 Å². The molecule has 0 aliphatic heterocycles. The van der Waals surface area contributed by atoms with Crippen LogP contribution in [0.4, 0.5) is 0 Å². The van der Waals surface area contributed by atoms with E-state index in [1.165, 1.54) is 5.56 Å². The highest BCUT2D eigenvalue weighted by molar-refractivity contribution is 9.10. The number of halogens is 1. The zero-order valence-electron chi connectivity index (χ0n) is 9.23. The molecule has 1 aromatic heterocycles. The predicted octanol–water partition coefficient (Wildman–Crippen LogP) is 3.04. The maximum atomic E-state index is 4.12. The summed E-state index contributed by atoms with van der Waals surface area (Å²) in [6.45, 7) is 2.99. The first kappa shape index (κ1) is 11.3. The van der Waals surface area contributed by atoms with Gasteiger partial charge in [-0.2, -0.15) is 0 Å². The van der Waals surface area contributed by atoms with Crippen molar-refractivity contribution < 1.29 is 0 Å². The Labute approximate surface area is 104 Å². The van der Waals surface area contributed by atoms with E-state index in [2.05, 4.69) is 61.9 Å². The minimum Gasteiger partial charge on any atom is -0.313 e. The van der Waals surface area contributed by atoms with Crippen LogP contribution in [0.2, 0.25) is 0 Å². The minimum absolute atomic E-state index is 0.843. The maximum absolute atomic E-state index is 4.12. The van der Waals surface area contributed by atoms with Crippen LogP contribution >= 0.6 is 15.9 Å². The van der Waals surface area contributed by atoms with Crippen LogP contribution in [-0.4, -0.2) is 14.8 Å². The van der Waals surface area contributed by atoms with E-state index in [-0.39, 0.29) is 0 Å². The Morgan fingerprint density at radius 2 is 2.00 bits per heavy atom. The highest BCUT2D eigenvalue weighted by Crippen LogP contribution is 2.12. The molecule has 0 spiro atoms. The highest BCUT2D eigenvalue weighted by atomic mass is 79.9. The molecule has 0 radical (unpaired) electrons. The first-order valence-electron chi connectivity index (χ1n) is 5.40. The summed E-state index contributed by atoms with van der Waals surface area (Å²) in [5.41, 5.74) is 1.26. The van der Waals surface area contributed by atoms with Gasteiger partial charge in [0.2, 0.25) is 0 Å². The summed E-state index contributed by atoms with van der Waals surface area (Å²) in [6.07, 6.45) is 3.88. The normalized spacial score (nSPS) is 10.6. The predicted molar refractivity (Wildman–Crippen MR) is 67.3 cm³/mol. The summed E-state index contributed by atoms with van der Waals surface area (Å²) in [5, 5.41) is 8.08. The number of hydrogen-bond acceptors (Lipinski definition) is 2. The van der Waals surface area contributed by atoms with Gasteiger partial charge >= 0.3 is 0 Å². The second-order valence-corrected chi connectivity index (χ2v) is 4.67. The fourth-order valence-corrected chi connectivity index (χ4v) is 1.88. The summed E-state index contributed by atoms with van der Waals surface area (Å²) < 4.78 is 3.21. The Morgan fingerprint density at radius 1 is 1.25 bits per heavy atom. The van der Waals surface area contributed by atoms with Crippen LogP contribution in [0.15, 0.2) is 35.1 Å². The Bertz CT molecular complexity index is 448. The molecule has 0 aliphatic carbocycles. The third-order valence-corrected chi connectivity index (χ3v) is 2.96.